The number of nitrogens with one attached hydrogen (secondary N) is 1. The predicted molar refractivity (Wildman–Crippen MR) is 68.3 cm³/mol. The van der Waals surface area contributed by atoms with Crippen LogP contribution in [0.1, 0.15) is 17.5 Å². The molecule has 1 aromatic carbocycles. The molecule has 1 fully saturated rings. The van der Waals surface area contributed by atoms with Gasteiger partial charge in [-0.15, -0.1) is 0 Å². The van der Waals surface area contributed by atoms with Crippen molar-refractivity contribution in [1.29, 1.82) is 0 Å². The Labute approximate surface area is 107 Å². The molecule has 0 radical (unpaired) electrons. The molecule has 1 unspecified atom stereocenters. The van der Waals surface area contributed by atoms with Crippen molar-refractivity contribution < 1.29 is 9.53 Å². The first-order valence-corrected chi connectivity index (χ1v) is 6.56. The van der Waals surface area contributed by atoms with Gasteiger partial charge in [-0.1, -0.05) is 24.3 Å². The fraction of sp³-hybridized carbons (Fsp3) is 0.500. The SMILES string of the molecule is O=C(OC1CCNC1)N1CCc2ccccc2C1. The van der Waals surface area contributed by atoms with Gasteiger partial charge in [-0.2, -0.15) is 0 Å². The topological polar surface area (TPSA) is 41.6 Å². The van der Waals surface area contributed by atoms with E-state index in [1.54, 1.807) is 4.90 Å². The minimum atomic E-state index is -0.168. The molecule has 3 rings (SSSR count). The third-order valence-electron chi connectivity index (χ3n) is 3.67. The van der Waals surface area contributed by atoms with Crippen LogP contribution in [0.5, 0.6) is 0 Å². The molecule has 18 heavy (non-hydrogen) atoms. The minimum absolute atomic E-state index is 0.0506. The molecule has 2 heterocycles. The molecule has 96 valence electrons. The average molecular weight is 246 g/mol. The Morgan fingerprint density at radius 3 is 2.94 bits per heavy atom. The average Bonchev–Trinajstić information content (AvgIpc) is 2.91. The first kappa shape index (κ1) is 11.5. The Balaban J connectivity index is 1.62. The molecule has 1 atom stereocenters. The van der Waals surface area contributed by atoms with Crippen molar-refractivity contribution in [2.45, 2.75) is 25.5 Å². The molecule has 1 N–H and O–H groups in total. The Morgan fingerprint density at radius 2 is 2.17 bits per heavy atom. The van der Waals surface area contributed by atoms with E-state index in [0.717, 1.165) is 32.5 Å². The highest BCUT2D eigenvalue weighted by molar-refractivity contribution is 5.68. The summed E-state index contributed by atoms with van der Waals surface area (Å²) in [6.45, 7) is 3.17. The number of benzene rings is 1. The summed E-state index contributed by atoms with van der Waals surface area (Å²) < 4.78 is 5.49. The predicted octanol–water partition coefficient (Wildman–Crippen LogP) is 1.54. The molecular formula is C14H18N2O2. The van der Waals surface area contributed by atoms with E-state index < -0.39 is 0 Å². The molecule has 0 aromatic heterocycles. The molecule has 4 heteroatoms. The fourth-order valence-electron chi connectivity index (χ4n) is 2.60. The number of amides is 1. The lowest BCUT2D eigenvalue weighted by atomic mass is 10.0. The van der Waals surface area contributed by atoms with Gasteiger partial charge in [-0.25, -0.2) is 4.79 Å². The Kier molecular flexibility index (Phi) is 3.19. The van der Waals surface area contributed by atoms with Crippen molar-refractivity contribution in [2.24, 2.45) is 0 Å². The lowest BCUT2D eigenvalue weighted by molar-refractivity contribution is 0.0667. The number of hydrogen-bond donors (Lipinski definition) is 1. The third kappa shape index (κ3) is 2.34. The highest BCUT2D eigenvalue weighted by Crippen LogP contribution is 2.19. The van der Waals surface area contributed by atoms with Crippen molar-refractivity contribution in [3.8, 4) is 0 Å². The number of nitrogens with zero attached hydrogens (tertiary/aromatic N) is 1. The first-order valence-electron chi connectivity index (χ1n) is 6.56. The van der Waals surface area contributed by atoms with Crippen LogP contribution in [-0.2, 0) is 17.7 Å². The molecule has 4 nitrogen and oxygen atoms in total. The van der Waals surface area contributed by atoms with E-state index in [1.807, 2.05) is 6.07 Å². The number of ether oxygens (including phenoxy) is 1. The zero-order valence-corrected chi connectivity index (χ0v) is 10.4. The van der Waals surface area contributed by atoms with Crippen molar-refractivity contribution >= 4 is 6.09 Å². The van der Waals surface area contributed by atoms with E-state index in [0.29, 0.717) is 6.54 Å². The molecule has 1 aromatic rings. The molecule has 1 saturated heterocycles. The minimum Gasteiger partial charge on any atom is -0.445 e. The monoisotopic (exact) mass is 246 g/mol. The van der Waals surface area contributed by atoms with Gasteiger partial charge in [0.25, 0.3) is 0 Å². The Hall–Kier alpha value is -1.55. The molecular weight excluding hydrogens is 228 g/mol. The summed E-state index contributed by atoms with van der Waals surface area (Å²) in [5.41, 5.74) is 2.59. The zero-order chi connectivity index (χ0) is 12.4. The quantitative estimate of drug-likeness (QED) is 0.817. The lowest BCUT2D eigenvalue weighted by Gasteiger charge is -2.29. The highest BCUT2D eigenvalue weighted by Gasteiger charge is 2.25. The highest BCUT2D eigenvalue weighted by atomic mass is 16.6. The van der Waals surface area contributed by atoms with Crippen LogP contribution < -0.4 is 5.32 Å². The van der Waals surface area contributed by atoms with Gasteiger partial charge in [0.05, 0.1) is 0 Å². The molecule has 1 amide bonds. The summed E-state index contributed by atoms with van der Waals surface area (Å²) in [6.07, 6.45) is 1.73. The van der Waals surface area contributed by atoms with Crippen LogP contribution in [0, 0.1) is 0 Å². The maximum Gasteiger partial charge on any atom is 0.410 e. The number of hydrogen-bond acceptors (Lipinski definition) is 3. The van der Waals surface area contributed by atoms with Crippen molar-refractivity contribution in [1.82, 2.24) is 10.2 Å². The van der Waals surface area contributed by atoms with Crippen molar-refractivity contribution in [2.75, 3.05) is 19.6 Å². The van der Waals surface area contributed by atoms with Crippen LogP contribution in [-0.4, -0.2) is 36.7 Å². The standard InChI is InChI=1S/C14H18N2O2/c17-14(18-13-5-7-15-9-13)16-8-6-11-3-1-2-4-12(11)10-16/h1-4,13,15H,5-10H2. The van der Waals surface area contributed by atoms with Crippen LogP contribution in [0.25, 0.3) is 0 Å². The largest absolute Gasteiger partial charge is 0.445 e. The van der Waals surface area contributed by atoms with Crippen molar-refractivity contribution in [3.05, 3.63) is 35.4 Å². The summed E-state index contributed by atoms with van der Waals surface area (Å²) in [4.78, 5) is 13.8. The number of carbonyl (C=O) groups excluding carboxylic acids is 1. The van der Waals surface area contributed by atoms with Gasteiger partial charge in [-0.3, -0.25) is 0 Å². The number of carbonyl (C=O) groups is 1. The van der Waals surface area contributed by atoms with Gasteiger partial charge in [0.2, 0.25) is 0 Å². The number of fused-ring (bicyclic) bond motifs is 1. The lowest BCUT2D eigenvalue weighted by Crippen LogP contribution is -2.38. The van der Waals surface area contributed by atoms with E-state index >= 15 is 0 Å². The summed E-state index contributed by atoms with van der Waals surface area (Å²) in [5.74, 6) is 0. The smallest absolute Gasteiger partial charge is 0.410 e. The summed E-state index contributed by atoms with van der Waals surface area (Å²) in [6, 6.07) is 8.30. The molecule has 0 bridgehead atoms. The summed E-state index contributed by atoms with van der Waals surface area (Å²) in [5, 5.41) is 3.20. The molecule has 0 aliphatic carbocycles. The van der Waals surface area contributed by atoms with E-state index in [1.165, 1.54) is 11.1 Å². The normalized spacial score (nSPS) is 22.7. The van der Waals surface area contributed by atoms with Crippen LogP contribution in [0.4, 0.5) is 4.79 Å². The summed E-state index contributed by atoms with van der Waals surface area (Å²) in [7, 11) is 0. The molecule has 2 aliphatic heterocycles. The van der Waals surface area contributed by atoms with Gasteiger partial charge < -0.3 is 15.0 Å². The zero-order valence-electron chi connectivity index (χ0n) is 10.4. The van der Waals surface area contributed by atoms with Gasteiger partial charge >= 0.3 is 6.09 Å². The Bertz CT molecular complexity index is 441. The fourth-order valence-corrected chi connectivity index (χ4v) is 2.60. The number of rotatable bonds is 1. The van der Waals surface area contributed by atoms with E-state index in [4.69, 9.17) is 4.74 Å². The van der Waals surface area contributed by atoms with Crippen LogP contribution >= 0.6 is 0 Å². The molecule has 0 spiro atoms. The van der Waals surface area contributed by atoms with Crippen LogP contribution in [0.3, 0.4) is 0 Å². The van der Waals surface area contributed by atoms with Gasteiger partial charge in [0.15, 0.2) is 0 Å². The maximum absolute atomic E-state index is 12.0. The molecule has 0 saturated carbocycles. The third-order valence-corrected chi connectivity index (χ3v) is 3.67. The molecule has 2 aliphatic rings. The summed E-state index contributed by atoms with van der Waals surface area (Å²) >= 11 is 0. The maximum atomic E-state index is 12.0. The van der Waals surface area contributed by atoms with E-state index in [2.05, 4.69) is 23.5 Å². The second-order valence-corrected chi connectivity index (χ2v) is 4.94. The second-order valence-electron chi connectivity index (χ2n) is 4.94. The van der Waals surface area contributed by atoms with Crippen LogP contribution in [0.15, 0.2) is 24.3 Å². The van der Waals surface area contributed by atoms with Crippen LogP contribution in [0.2, 0.25) is 0 Å². The van der Waals surface area contributed by atoms with E-state index in [9.17, 15) is 4.79 Å². The van der Waals surface area contributed by atoms with Gasteiger partial charge in [0, 0.05) is 19.6 Å². The van der Waals surface area contributed by atoms with Gasteiger partial charge in [-0.05, 0) is 30.5 Å². The van der Waals surface area contributed by atoms with Gasteiger partial charge in [0.1, 0.15) is 6.10 Å². The van der Waals surface area contributed by atoms with Crippen molar-refractivity contribution in [3.63, 3.8) is 0 Å². The van der Waals surface area contributed by atoms with E-state index in [-0.39, 0.29) is 12.2 Å². The first-order chi connectivity index (χ1) is 8.83. The second kappa shape index (κ2) is 4.98. The Morgan fingerprint density at radius 1 is 1.33 bits per heavy atom.